The normalized spacial score (nSPS) is 23.8. The van der Waals surface area contributed by atoms with Crippen molar-refractivity contribution in [2.75, 3.05) is 18.4 Å². The zero-order valence-corrected chi connectivity index (χ0v) is 18.0. The number of aliphatic hydroxyl groups is 1. The standard InChI is InChI=1S/C22H20F7N5O/c23-13-3-1-11(2-4-13)15(33-10-12-5-14(33)6-16(12)35)9-30-19-7-17(21(24,25)26)31-20-8-18(22(27,28)29)32-34(19)20/h1-4,7-8,12,14-16,30,35H,5-6,9-10H2. The third-order valence-electron chi connectivity index (χ3n) is 6.69. The molecular formula is C22H20F7N5O. The maximum atomic E-state index is 13.5. The van der Waals surface area contributed by atoms with E-state index in [0.29, 0.717) is 35.2 Å². The Kier molecular flexibility index (Phi) is 5.66. The lowest BCUT2D eigenvalue weighted by Crippen LogP contribution is -2.42. The monoisotopic (exact) mass is 503 g/mol. The second-order valence-corrected chi connectivity index (χ2v) is 8.92. The van der Waals surface area contributed by atoms with Crippen LogP contribution in [0.15, 0.2) is 36.4 Å². The average molecular weight is 503 g/mol. The molecule has 13 heteroatoms. The predicted molar refractivity (Wildman–Crippen MR) is 110 cm³/mol. The van der Waals surface area contributed by atoms with Crippen molar-refractivity contribution in [1.29, 1.82) is 0 Å². The van der Waals surface area contributed by atoms with Crippen LogP contribution in [0.4, 0.5) is 36.6 Å². The molecular weight excluding hydrogens is 483 g/mol. The van der Waals surface area contributed by atoms with E-state index in [4.69, 9.17) is 0 Å². The molecule has 0 radical (unpaired) electrons. The van der Waals surface area contributed by atoms with Crippen LogP contribution >= 0.6 is 0 Å². The van der Waals surface area contributed by atoms with Crippen LogP contribution in [0, 0.1) is 11.7 Å². The predicted octanol–water partition coefficient (Wildman–Crippen LogP) is 4.51. The Bertz CT molecular complexity index is 1220. The summed E-state index contributed by atoms with van der Waals surface area (Å²) >= 11 is 0. The summed E-state index contributed by atoms with van der Waals surface area (Å²) in [6.07, 6.45) is -8.90. The highest BCUT2D eigenvalue weighted by Gasteiger charge is 2.46. The Morgan fingerprint density at radius 2 is 1.69 bits per heavy atom. The Balaban J connectivity index is 1.50. The summed E-state index contributed by atoms with van der Waals surface area (Å²) in [7, 11) is 0. The van der Waals surface area contributed by atoms with Gasteiger partial charge in [0.1, 0.15) is 11.6 Å². The second kappa shape index (κ2) is 8.33. The van der Waals surface area contributed by atoms with Crippen molar-refractivity contribution >= 4 is 11.5 Å². The number of anilines is 1. The smallest absolute Gasteiger partial charge is 0.393 e. The van der Waals surface area contributed by atoms with E-state index in [-0.39, 0.29) is 24.3 Å². The average Bonchev–Trinajstić information content (AvgIpc) is 3.47. The number of fused-ring (bicyclic) bond motifs is 3. The van der Waals surface area contributed by atoms with Gasteiger partial charge < -0.3 is 10.4 Å². The summed E-state index contributed by atoms with van der Waals surface area (Å²) in [4.78, 5) is 5.40. The lowest BCUT2D eigenvalue weighted by molar-refractivity contribution is -0.142. The van der Waals surface area contributed by atoms with E-state index in [1.807, 2.05) is 0 Å². The number of benzene rings is 1. The third kappa shape index (κ3) is 4.54. The molecule has 1 saturated carbocycles. The number of alkyl halides is 6. The Labute approximate surface area is 194 Å². The van der Waals surface area contributed by atoms with Crippen LogP contribution in [0.5, 0.6) is 0 Å². The largest absolute Gasteiger partial charge is 0.435 e. The van der Waals surface area contributed by atoms with Crippen molar-refractivity contribution in [2.45, 2.75) is 43.4 Å². The van der Waals surface area contributed by atoms with Gasteiger partial charge >= 0.3 is 12.4 Å². The van der Waals surface area contributed by atoms with Crippen LogP contribution in [0.1, 0.15) is 35.8 Å². The van der Waals surface area contributed by atoms with Gasteiger partial charge in [0.05, 0.1) is 12.1 Å². The van der Waals surface area contributed by atoms with E-state index in [2.05, 4.69) is 20.3 Å². The van der Waals surface area contributed by atoms with Crippen molar-refractivity contribution in [3.8, 4) is 0 Å². The Hall–Kier alpha value is -2.93. The van der Waals surface area contributed by atoms with E-state index in [1.54, 1.807) is 12.1 Å². The number of rotatable bonds is 5. The molecule has 1 aliphatic carbocycles. The highest BCUT2D eigenvalue weighted by atomic mass is 19.4. The first kappa shape index (κ1) is 23.8. The first-order chi connectivity index (χ1) is 16.4. The number of halogens is 7. The number of hydrogen-bond acceptors (Lipinski definition) is 5. The van der Waals surface area contributed by atoms with Crippen molar-refractivity contribution in [3.63, 3.8) is 0 Å². The maximum absolute atomic E-state index is 13.5. The molecule has 2 N–H and O–H groups in total. The van der Waals surface area contributed by atoms with Gasteiger partial charge in [-0.1, -0.05) is 12.1 Å². The fourth-order valence-electron chi connectivity index (χ4n) is 5.04. The molecule has 4 atom stereocenters. The molecule has 1 aromatic carbocycles. The van der Waals surface area contributed by atoms with E-state index < -0.39 is 47.4 Å². The summed E-state index contributed by atoms with van der Waals surface area (Å²) in [6.45, 7) is 0.539. The first-order valence-electron chi connectivity index (χ1n) is 10.9. The molecule has 3 aromatic rings. The van der Waals surface area contributed by atoms with Gasteiger partial charge in [-0.3, -0.25) is 4.90 Å². The lowest BCUT2D eigenvalue weighted by atomic mass is 10.00. The van der Waals surface area contributed by atoms with Crippen molar-refractivity contribution < 1.29 is 35.8 Å². The minimum Gasteiger partial charge on any atom is -0.393 e. The Morgan fingerprint density at radius 1 is 1.00 bits per heavy atom. The van der Waals surface area contributed by atoms with Crippen LogP contribution in [-0.2, 0) is 12.4 Å². The van der Waals surface area contributed by atoms with E-state index >= 15 is 0 Å². The number of nitrogens with one attached hydrogen (secondary N) is 1. The number of likely N-dealkylation sites (tertiary alicyclic amines) is 1. The molecule has 2 aliphatic rings. The van der Waals surface area contributed by atoms with Crippen molar-refractivity contribution in [3.05, 3.63) is 59.2 Å². The number of hydrogen-bond donors (Lipinski definition) is 2. The van der Waals surface area contributed by atoms with Gasteiger partial charge in [-0.05, 0) is 36.5 Å². The molecule has 1 aliphatic heterocycles. The molecule has 188 valence electrons. The summed E-state index contributed by atoms with van der Waals surface area (Å²) in [5.74, 6) is -0.720. The summed E-state index contributed by atoms with van der Waals surface area (Å²) < 4.78 is 94.0. The van der Waals surface area contributed by atoms with Crippen LogP contribution in [0.25, 0.3) is 5.65 Å². The molecule has 4 unspecified atom stereocenters. The molecule has 0 spiro atoms. The highest BCUT2D eigenvalue weighted by molar-refractivity contribution is 5.51. The number of piperidine rings is 1. The molecule has 6 nitrogen and oxygen atoms in total. The van der Waals surface area contributed by atoms with Crippen LogP contribution in [0.3, 0.4) is 0 Å². The molecule has 0 amide bonds. The molecule has 2 bridgehead atoms. The zero-order valence-electron chi connectivity index (χ0n) is 18.0. The minimum absolute atomic E-state index is 0.00255. The van der Waals surface area contributed by atoms with Crippen LogP contribution in [0.2, 0.25) is 0 Å². The molecule has 2 fully saturated rings. The first-order valence-corrected chi connectivity index (χ1v) is 10.9. The van der Waals surface area contributed by atoms with Gasteiger partial charge in [0.25, 0.3) is 0 Å². The Morgan fingerprint density at radius 3 is 2.26 bits per heavy atom. The van der Waals surface area contributed by atoms with Crippen molar-refractivity contribution in [1.82, 2.24) is 19.5 Å². The fraction of sp³-hybridized carbons (Fsp3) is 0.455. The quantitative estimate of drug-likeness (QED) is 0.502. The van der Waals surface area contributed by atoms with E-state index in [0.717, 1.165) is 6.42 Å². The second-order valence-electron chi connectivity index (χ2n) is 8.92. The molecule has 5 rings (SSSR count). The third-order valence-corrected chi connectivity index (χ3v) is 6.69. The van der Waals surface area contributed by atoms with E-state index in [1.165, 1.54) is 12.1 Å². The zero-order chi connectivity index (χ0) is 25.1. The molecule has 3 heterocycles. The summed E-state index contributed by atoms with van der Waals surface area (Å²) in [6, 6.07) is 6.30. The number of aliphatic hydroxyl groups excluding tert-OH is 1. The van der Waals surface area contributed by atoms with Gasteiger partial charge in [0, 0.05) is 31.3 Å². The van der Waals surface area contributed by atoms with Crippen LogP contribution < -0.4 is 5.32 Å². The lowest BCUT2D eigenvalue weighted by Gasteiger charge is -2.37. The number of aromatic nitrogens is 3. The summed E-state index contributed by atoms with van der Waals surface area (Å²) in [5, 5.41) is 16.4. The fourth-order valence-corrected chi connectivity index (χ4v) is 5.04. The van der Waals surface area contributed by atoms with E-state index in [9.17, 15) is 35.8 Å². The SMILES string of the molecule is OC1CC2CC1CN2C(CNc1cc(C(F)(F)F)nc2cc(C(F)(F)F)nn12)c1ccc(F)cc1. The maximum Gasteiger partial charge on any atom is 0.435 e. The molecule has 2 aromatic heterocycles. The topological polar surface area (TPSA) is 65.7 Å². The molecule has 1 saturated heterocycles. The molecule has 35 heavy (non-hydrogen) atoms. The highest BCUT2D eigenvalue weighted by Crippen LogP contribution is 2.42. The van der Waals surface area contributed by atoms with Gasteiger partial charge in [-0.15, -0.1) is 0 Å². The number of nitrogens with zero attached hydrogens (tertiary/aromatic N) is 4. The van der Waals surface area contributed by atoms with Gasteiger partial charge in [0.15, 0.2) is 17.0 Å². The van der Waals surface area contributed by atoms with Crippen molar-refractivity contribution in [2.24, 2.45) is 5.92 Å². The van der Waals surface area contributed by atoms with Gasteiger partial charge in [-0.25, -0.2) is 9.37 Å². The minimum atomic E-state index is -4.89. The van der Waals surface area contributed by atoms with Gasteiger partial charge in [-0.2, -0.15) is 36.0 Å². The summed E-state index contributed by atoms with van der Waals surface area (Å²) in [5.41, 5.74) is -2.65. The van der Waals surface area contributed by atoms with Crippen LogP contribution in [-0.4, -0.2) is 49.8 Å². The van der Waals surface area contributed by atoms with Gasteiger partial charge in [0.2, 0.25) is 0 Å².